The normalized spacial score (nSPS) is 14.0. The SMILES string of the molecule is Clc1ccc(C#Cc2cccc(OCc3ccc(CN4CCOCC4)cc3)c2)cc1. The summed E-state index contributed by atoms with van der Waals surface area (Å²) in [7, 11) is 0. The topological polar surface area (TPSA) is 21.7 Å². The van der Waals surface area contributed by atoms with E-state index in [0.29, 0.717) is 11.6 Å². The molecule has 3 nitrogen and oxygen atoms in total. The van der Waals surface area contributed by atoms with Crippen LogP contribution in [0.3, 0.4) is 0 Å². The summed E-state index contributed by atoms with van der Waals surface area (Å²) in [4.78, 5) is 2.42. The molecule has 0 amide bonds. The lowest BCUT2D eigenvalue weighted by Crippen LogP contribution is -2.35. The number of hydrogen-bond donors (Lipinski definition) is 0. The van der Waals surface area contributed by atoms with Crippen LogP contribution in [0.15, 0.2) is 72.8 Å². The molecule has 3 aromatic carbocycles. The molecule has 1 fully saturated rings. The van der Waals surface area contributed by atoms with Crippen molar-refractivity contribution >= 4 is 11.6 Å². The molecule has 0 spiro atoms. The fourth-order valence-corrected chi connectivity index (χ4v) is 3.39. The molecule has 0 saturated carbocycles. The monoisotopic (exact) mass is 417 g/mol. The van der Waals surface area contributed by atoms with Crippen molar-refractivity contribution in [3.05, 3.63) is 100 Å². The average molecular weight is 418 g/mol. The largest absolute Gasteiger partial charge is 0.489 e. The highest BCUT2D eigenvalue weighted by Gasteiger charge is 2.10. The fourth-order valence-electron chi connectivity index (χ4n) is 3.27. The molecule has 4 heteroatoms. The molecule has 0 aliphatic carbocycles. The molecule has 0 radical (unpaired) electrons. The highest BCUT2D eigenvalue weighted by molar-refractivity contribution is 6.30. The van der Waals surface area contributed by atoms with E-state index in [1.165, 1.54) is 5.56 Å². The van der Waals surface area contributed by atoms with Crippen LogP contribution in [0.5, 0.6) is 5.75 Å². The minimum atomic E-state index is 0.534. The predicted octanol–water partition coefficient (Wildman–Crippen LogP) is 5.15. The van der Waals surface area contributed by atoms with Gasteiger partial charge in [-0.05, 0) is 53.6 Å². The minimum absolute atomic E-state index is 0.534. The van der Waals surface area contributed by atoms with Gasteiger partial charge >= 0.3 is 0 Å². The predicted molar refractivity (Wildman–Crippen MR) is 121 cm³/mol. The lowest BCUT2D eigenvalue weighted by atomic mass is 10.1. The number of hydrogen-bond acceptors (Lipinski definition) is 3. The van der Waals surface area contributed by atoms with Crippen molar-refractivity contribution < 1.29 is 9.47 Å². The van der Waals surface area contributed by atoms with Crippen LogP contribution in [-0.4, -0.2) is 31.2 Å². The molecular formula is C26H24ClNO2. The van der Waals surface area contributed by atoms with Crippen molar-refractivity contribution in [1.82, 2.24) is 4.90 Å². The second-order valence-electron chi connectivity index (χ2n) is 7.28. The zero-order valence-electron chi connectivity index (χ0n) is 16.8. The summed E-state index contributed by atoms with van der Waals surface area (Å²) in [5.41, 5.74) is 4.32. The number of nitrogens with zero attached hydrogens (tertiary/aromatic N) is 1. The Bertz CT molecular complexity index is 1010. The van der Waals surface area contributed by atoms with E-state index in [0.717, 1.165) is 55.3 Å². The second-order valence-corrected chi connectivity index (χ2v) is 7.71. The number of halogens is 1. The summed E-state index contributed by atoms with van der Waals surface area (Å²) in [5, 5.41) is 0.713. The zero-order chi connectivity index (χ0) is 20.6. The summed E-state index contributed by atoms with van der Waals surface area (Å²) < 4.78 is 11.4. The molecule has 0 atom stereocenters. The lowest BCUT2D eigenvalue weighted by Gasteiger charge is -2.26. The maximum Gasteiger partial charge on any atom is 0.121 e. The Morgan fingerprint density at radius 3 is 2.30 bits per heavy atom. The molecule has 1 saturated heterocycles. The van der Waals surface area contributed by atoms with Crippen LogP contribution in [0.1, 0.15) is 22.3 Å². The summed E-state index contributed by atoms with van der Waals surface area (Å²) in [6.07, 6.45) is 0. The Morgan fingerprint density at radius 1 is 0.833 bits per heavy atom. The highest BCUT2D eigenvalue weighted by Crippen LogP contribution is 2.16. The van der Waals surface area contributed by atoms with Gasteiger partial charge in [0.1, 0.15) is 12.4 Å². The summed E-state index contributed by atoms with van der Waals surface area (Å²) in [5.74, 6) is 7.15. The maximum atomic E-state index is 5.98. The van der Waals surface area contributed by atoms with Crippen molar-refractivity contribution in [2.24, 2.45) is 0 Å². The van der Waals surface area contributed by atoms with Crippen molar-refractivity contribution in [3.63, 3.8) is 0 Å². The van der Waals surface area contributed by atoms with Crippen LogP contribution in [0.25, 0.3) is 0 Å². The van der Waals surface area contributed by atoms with E-state index in [9.17, 15) is 0 Å². The molecule has 0 aromatic heterocycles. The van der Waals surface area contributed by atoms with Gasteiger partial charge < -0.3 is 9.47 Å². The third-order valence-electron chi connectivity index (χ3n) is 4.97. The molecule has 4 rings (SSSR count). The quantitative estimate of drug-likeness (QED) is 0.536. The zero-order valence-corrected chi connectivity index (χ0v) is 17.6. The molecule has 3 aromatic rings. The van der Waals surface area contributed by atoms with Crippen LogP contribution >= 0.6 is 11.6 Å². The molecule has 0 bridgehead atoms. The molecule has 1 aliphatic heterocycles. The standard InChI is InChI=1S/C26H24ClNO2/c27-25-12-10-21(11-13-25)4-5-22-2-1-3-26(18-22)30-20-24-8-6-23(7-9-24)19-28-14-16-29-17-15-28/h1-3,6-13,18H,14-17,19-20H2. The molecular weight excluding hydrogens is 394 g/mol. The molecule has 1 aliphatic rings. The van der Waals surface area contributed by atoms with E-state index in [-0.39, 0.29) is 0 Å². The number of morpholine rings is 1. The number of rotatable bonds is 5. The molecule has 152 valence electrons. The van der Waals surface area contributed by atoms with Crippen molar-refractivity contribution in [1.29, 1.82) is 0 Å². The van der Waals surface area contributed by atoms with Crippen LogP contribution in [0.2, 0.25) is 5.02 Å². The highest BCUT2D eigenvalue weighted by atomic mass is 35.5. The number of ether oxygens (including phenoxy) is 2. The summed E-state index contributed by atoms with van der Waals surface area (Å²) >= 11 is 5.92. The summed E-state index contributed by atoms with van der Waals surface area (Å²) in [6.45, 7) is 5.17. The van der Waals surface area contributed by atoms with E-state index in [1.807, 2.05) is 48.5 Å². The first kappa shape index (κ1) is 20.5. The molecule has 1 heterocycles. The first-order valence-corrected chi connectivity index (χ1v) is 10.5. The fraction of sp³-hybridized carbons (Fsp3) is 0.231. The van der Waals surface area contributed by atoms with Gasteiger partial charge in [-0.15, -0.1) is 0 Å². The van der Waals surface area contributed by atoms with Gasteiger partial charge in [-0.25, -0.2) is 0 Å². The van der Waals surface area contributed by atoms with Gasteiger partial charge in [-0.3, -0.25) is 4.90 Å². The lowest BCUT2D eigenvalue weighted by molar-refractivity contribution is 0.0342. The van der Waals surface area contributed by atoms with E-state index in [4.69, 9.17) is 21.1 Å². The third kappa shape index (κ3) is 6.11. The van der Waals surface area contributed by atoms with Crippen LogP contribution < -0.4 is 4.74 Å². The Morgan fingerprint density at radius 2 is 1.53 bits per heavy atom. The van der Waals surface area contributed by atoms with E-state index >= 15 is 0 Å². The van der Waals surface area contributed by atoms with E-state index in [1.54, 1.807) is 0 Å². The van der Waals surface area contributed by atoms with Gasteiger partial charge in [0.25, 0.3) is 0 Å². The van der Waals surface area contributed by atoms with Crippen LogP contribution in [-0.2, 0) is 17.9 Å². The van der Waals surface area contributed by atoms with Crippen LogP contribution in [0.4, 0.5) is 0 Å². The van der Waals surface area contributed by atoms with Crippen molar-refractivity contribution in [2.45, 2.75) is 13.2 Å². The third-order valence-corrected chi connectivity index (χ3v) is 5.22. The van der Waals surface area contributed by atoms with Crippen LogP contribution in [0, 0.1) is 11.8 Å². The Hall–Kier alpha value is -2.77. The summed E-state index contributed by atoms with van der Waals surface area (Å²) in [6, 6.07) is 24.0. The average Bonchev–Trinajstić information content (AvgIpc) is 2.79. The van der Waals surface area contributed by atoms with Gasteiger partial charge in [0.15, 0.2) is 0 Å². The van der Waals surface area contributed by atoms with Gasteiger partial charge in [-0.2, -0.15) is 0 Å². The first-order valence-electron chi connectivity index (χ1n) is 10.1. The van der Waals surface area contributed by atoms with Gasteiger partial charge in [0.05, 0.1) is 13.2 Å². The van der Waals surface area contributed by atoms with E-state index in [2.05, 4.69) is 41.0 Å². The molecule has 0 unspecified atom stereocenters. The minimum Gasteiger partial charge on any atom is -0.489 e. The molecule has 0 N–H and O–H groups in total. The van der Waals surface area contributed by atoms with Crippen molar-refractivity contribution in [2.75, 3.05) is 26.3 Å². The smallest absolute Gasteiger partial charge is 0.121 e. The van der Waals surface area contributed by atoms with Gasteiger partial charge in [0, 0.05) is 35.8 Å². The second kappa shape index (κ2) is 10.3. The first-order chi connectivity index (χ1) is 14.7. The molecule has 30 heavy (non-hydrogen) atoms. The van der Waals surface area contributed by atoms with Crippen molar-refractivity contribution in [3.8, 4) is 17.6 Å². The van der Waals surface area contributed by atoms with Gasteiger partial charge in [-0.1, -0.05) is 53.8 Å². The van der Waals surface area contributed by atoms with Gasteiger partial charge in [0.2, 0.25) is 0 Å². The Labute approximate surface area is 183 Å². The Balaban J connectivity index is 1.32. The number of benzene rings is 3. The maximum absolute atomic E-state index is 5.98. The van der Waals surface area contributed by atoms with E-state index < -0.39 is 0 Å². The Kier molecular flexibility index (Phi) is 7.05.